The molecular weight excluding hydrogens is 881 g/mol. The first-order chi connectivity index (χ1) is 32.7. The Kier molecular flexibility index (Phi) is 25.0. The quantitative estimate of drug-likeness (QED) is 0.0572. The Morgan fingerprint density at radius 1 is 0.826 bits per heavy atom. The molecule has 0 aromatic heterocycles. The Hall–Kier alpha value is -4.70. The van der Waals surface area contributed by atoms with Gasteiger partial charge in [0.2, 0.25) is 17.7 Å². The number of aromatic carboxylic acids is 1. The lowest BCUT2D eigenvalue weighted by atomic mass is 9.79. The number of hydrogen-bond donors (Lipinski definition) is 4. The fourth-order valence-electron chi connectivity index (χ4n) is 9.90. The highest BCUT2D eigenvalue weighted by molar-refractivity contribution is 5.92. The van der Waals surface area contributed by atoms with E-state index in [0.29, 0.717) is 45.2 Å². The van der Waals surface area contributed by atoms with E-state index in [1.165, 1.54) is 12.1 Å². The van der Waals surface area contributed by atoms with Gasteiger partial charge in [-0.05, 0) is 99.0 Å². The van der Waals surface area contributed by atoms with Gasteiger partial charge in [0.25, 0.3) is 0 Å². The molecule has 1 aliphatic heterocycles. The summed E-state index contributed by atoms with van der Waals surface area (Å²) in [5.41, 5.74) is 2.03. The van der Waals surface area contributed by atoms with Crippen molar-refractivity contribution in [2.45, 2.75) is 156 Å². The number of rotatable bonds is 32. The summed E-state index contributed by atoms with van der Waals surface area (Å²) in [6.07, 6.45) is 3.56. The Bertz CT molecular complexity index is 1910. The van der Waals surface area contributed by atoms with Gasteiger partial charge < -0.3 is 40.0 Å². The summed E-state index contributed by atoms with van der Waals surface area (Å²) in [4.78, 5) is 82.5. The maximum atomic E-state index is 14.4. The van der Waals surface area contributed by atoms with Gasteiger partial charge in [0.15, 0.2) is 5.78 Å². The monoisotopic (exact) mass is 965 g/mol. The van der Waals surface area contributed by atoms with Gasteiger partial charge in [-0.2, -0.15) is 0 Å². The smallest absolute Gasteiger partial charge is 0.335 e. The van der Waals surface area contributed by atoms with Gasteiger partial charge in [-0.25, -0.2) is 4.79 Å². The number of methoxy groups -OCH3 is 2. The highest BCUT2D eigenvalue weighted by atomic mass is 16.5. The van der Waals surface area contributed by atoms with Gasteiger partial charge >= 0.3 is 11.9 Å². The number of carbonyl (C=O) groups is 6. The molecule has 0 spiro atoms. The van der Waals surface area contributed by atoms with Crippen LogP contribution in [0.25, 0.3) is 0 Å². The first kappa shape index (κ1) is 58.6. The fraction of sp³-hybridized carbons (Fsp3) is 0.667. The number of nitrogens with one attached hydrogen (secondary N) is 2. The van der Waals surface area contributed by atoms with Crippen LogP contribution >= 0.6 is 0 Å². The molecule has 4 N–H and O–H groups in total. The molecule has 15 heteroatoms. The number of hydrogen-bond acceptors (Lipinski definition) is 10. The van der Waals surface area contributed by atoms with Crippen LogP contribution in [0.2, 0.25) is 0 Å². The predicted molar refractivity (Wildman–Crippen MR) is 266 cm³/mol. The van der Waals surface area contributed by atoms with Crippen LogP contribution in [-0.2, 0) is 51.2 Å². The lowest BCUT2D eigenvalue weighted by Gasteiger charge is -2.36. The number of nitrogens with zero attached hydrogens (tertiary/aromatic N) is 2. The van der Waals surface area contributed by atoms with Crippen molar-refractivity contribution in [1.29, 1.82) is 0 Å². The topological polar surface area (TPSA) is 201 Å². The molecule has 2 unspecified atom stereocenters. The van der Waals surface area contributed by atoms with E-state index in [2.05, 4.69) is 24.5 Å². The van der Waals surface area contributed by atoms with Gasteiger partial charge in [-0.15, -0.1) is 0 Å². The largest absolute Gasteiger partial charge is 0.481 e. The van der Waals surface area contributed by atoms with E-state index >= 15 is 0 Å². The second kappa shape index (κ2) is 29.5. The molecule has 10 atom stereocenters. The first-order valence-electron chi connectivity index (χ1n) is 25.1. The molecule has 69 heavy (non-hydrogen) atoms. The summed E-state index contributed by atoms with van der Waals surface area (Å²) in [6.45, 7) is 17.1. The minimum atomic E-state index is -1.00. The summed E-state index contributed by atoms with van der Waals surface area (Å²) in [5.74, 6) is -3.52. The Morgan fingerprint density at radius 3 is 2.06 bits per heavy atom. The van der Waals surface area contributed by atoms with Crippen molar-refractivity contribution >= 4 is 35.4 Å². The molecule has 15 nitrogen and oxygen atoms in total. The van der Waals surface area contributed by atoms with Gasteiger partial charge in [-0.3, -0.25) is 28.9 Å². The summed E-state index contributed by atoms with van der Waals surface area (Å²) in [6, 6.07) is 14.4. The van der Waals surface area contributed by atoms with Crippen molar-refractivity contribution in [3.8, 4) is 0 Å². The molecule has 2 aromatic rings. The maximum Gasteiger partial charge on any atom is 0.335 e. The zero-order valence-electron chi connectivity index (χ0n) is 43.3. The minimum Gasteiger partial charge on any atom is -0.481 e. The number of likely N-dealkylation sites (tertiary alicyclic amines) is 1. The molecule has 3 amide bonds. The van der Waals surface area contributed by atoms with Crippen molar-refractivity contribution in [2.75, 3.05) is 41.0 Å². The molecule has 1 heterocycles. The Labute approximate surface area is 411 Å². The Balaban J connectivity index is 1.69. The SMILES string of the molecule is CC[C@H](C)C(CCC(C)C(=O)[C@@H](NC(=O)[C@H](C(C)C)N(C)CCCC(=O)O)C(C)C)[C@@H](CC(=O)N1CCC[C@H]1[C@H](OC)[C@@H](C)C(=O)N[C@H](COCc1ccc(C(=O)O)cc1)Cc1ccccc1)OC. The van der Waals surface area contributed by atoms with Crippen LogP contribution < -0.4 is 10.6 Å². The third kappa shape index (κ3) is 18.2. The lowest BCUT2D eigenvalue weighted by Crippen LogP contribution is -2.55. The number of Topliss-reactive ketones (excluding diaryl/α,β-unsaturated/α-hetero) is 1. The third-order valence-electron chi connectivity index (χ3n) is 14.1. The zero-order valence-corrected chi connectivity index (χ0v) is 43.3. The summed E-state index contributed by atoms with van der Waals surface area (Å²) >= 11 is 0. The van der Waals surface area contributed by atoms with Crippen molar-refractivity contribution in [1.82, 2.24) is 20.4 Å². The number of benzene rings is 2. The van der Waals surface area contributed by atoms with Gasteiger partial charge in [0, 0.05) is 33.1 Å². The number of carboxylic acids is 2. The molecule has 0 bridgehead atoms. The van der Waals surface area contributed by atoms with E-state index in [9.17, 15) is 33.9 Å². The molecule has 2 aromatic carbocycles. The standard InChI is InChI=1S/C54H84N4O11/c1-12-36(6)43(27-22-37(7)50(62)48(34(2)3)56-53(64)49(35(4)5)57(9)28-17-21-47(60)61)45(67-10)31-46(59)58-29-16-20-44(58)51(68-11)38(8)52(63)55-42(30-39-18-14-13-15-19-39)33-69-32-40-23-25-41(26-24-40)54(65)66/h13-15,18-19,23-26,34-38,42-45,48-49,51H,12,16-17,20-22,27-33H2,1-11H3,(H,55,63)(H,56,64)(H,60,61)(H,65,66)/t36-,37?,38+,42-,43?,44-,45+,48-,49-,51+/m0/s1. The minimum absolute atomic E-state index is 0.0118. The van der Waals surface area contributed by atoms with Crippen LogP contribution in [0.1, 0.15) is 128 Å². The van der Waals surface area contributed by atoms with Crippen LogP contribution in [0.5, 0.6) is 0 Å². The number of likely N-dealkylation sites (N-methyl/N-ethyl adjacent to an activating group) is 1. The molecular formula is C54H84N4O11. The molecule has 1 aliphatic rings. The number of ketones is 1. The van der Waals surface area contributed by atoms with Crippen molar-refractivity contribution in [3.63, 3.8) is 0 Å². The number of aliphatic carboxylic acids is 1. The van der Waals surface area contributed by atoms with Crippen LogP contribution in [-0.4, -0.2) is 133 Å². The van der Waals surface area contributed by atoms with E-state index in [0.717, 1.165) is 24.0 Å². The predicted octanol–water partition coefficient (Wildman–Crippen LogP) is 7.29. The number of ether oxygens (including phenoxy) is 3. The van der Waals surface area contributed by atoms with E-state index in [-0.39, 0.29) is 96.8 Å². The number of carboxylic acid groups (broad SMARTS) is 2. The molecule has 1 saturated heterocycles. The van der Waals surface area contributed by atoms with E-state index in [1.807, 2.05) is 88.7 Å². The van der Waals surface area contributed by atoms with Crippen molar-refractivity contribution < 1.29 is 53.2 Å². The van der Waals surface area contributed by atoms with Gasteiger partial charge in [0.1, 0.15) is 0 Å². The first-order valence-corrected chi connectivity index (χ1v) is 25.1. The molecule has 0 aliphatic carbocycles. The second-order valence-electron chi connectivity index (χ2n) is 20.0. The average molecular weight is 965 g/mol. The van der Waals surface area contributed by atoms with Gasteiger partial charge in [0.05, 0.1) is 67.5 Å². The summed E-state index contributed by atoms with van der Waals surface area (Å²) in [7, 11) is 5.02. The van der Waals surface area contributed by atoms with E-state index < -0.39 is 42.1 Å². The normalized spacial score (nSPS) is 17.9. The van der Waals surface area contributed by atoms with E-state index in [4.69, 9.17) is 19.3 Å². The summed E-state index contributed by atoms with van der Waals surface area (Å²) in [5, 5.41) is 24.6. The molecule has 386 valence electrons. The zero-order chi connectivity index (χ0) is 51.4. The fourth-order valence-corrected chi connectivity index (χ4v) is 9.90. The maximum absolute atomic E-state index is 14.4. The molecule has 0 saturated carbocycles. The van der Waals surface area contributed by atoms with Crippen LogP contribution in [0.15, 0.2) is 54.6 Å². The summed E-state index contributed by atoms with van der Waals surface area (Å²) < 4.78 is 18.3. The Morgan fingerprint density at radius 2 is 1.49 bits per heavy atom. The van der Waals surface area contributed by atoms with Crippen molar-refractivity contribution in [3.05, 3.63) is 71.3 Å². The van der Waals surface area contributed by atoms with Crippen LogP contribution in [0, 0.1) is 35.5 Å². The number of amides is 3. The highest BCUT2D eigenvalue weighted by Crippen LogP contribution is 2.33. The number of carbonyl (C=O) groups excluding carboxylic acids is 4. The highest BCUT2D eigenvalue weighted by Gasteiger charge is 2.42. The van der Waals surface area contributed by atoms with Crippen molar-refractivity contribution in [2.24, 2.45) is 35.5 Å². The van der Waals surface area contributed by atoms with Gasteiger partial charge in [-0.1, -0.05) is 104 Å². The average Bonchev–Trinajstić information content (AvgIpc) is 3.80. The molecule has 0 radical (unpaired) electrons. The second-order valence-corrected chi connectivity index (χ2v) is 20.0. The lowest BCUT2D eigenvalue weighted by molar-refractivity contribution is -0.143. The van der Waals surface area contributed by atoms with E-state index in [1.54, 1.807) is 26.4 Å². The van der Waals surface area contributed by atoms with Crippen LogP contribution in [0.3, 0.4) is 0 Å². The molecule has 3 rings (SSSR count). The van der Waals surface area contributed by atoms with Crippen LogP contribution in [0.4, 0.5) is 0 Å². The third-order valence-corrected chi connectivity index (χ3v) is 14.1. The molecule has 1 fully saturated rings.